The second-order valence-corrected chi connectivity index (χ2v) is 7.84. The Morgan fingerprint density at radius 3 is 2.63 bits per heavy atom. The van der Waals surface area contributed by atoms with Gasteiger partial charge in [0.15, 0.2) is 0 Å². The first kappa shape index (κ1) is 19.9. The minimum atomic E-state index is -0.569. The summed E-state index contributed by atoms with van der Waals surface area (Å²) in [4.78, 5) is 39.5. The smallest absolute Gasteiger partial charge is 0.319 e. The van der Waals surface area contributed by atoms with Gasteiger partial charge >= 0.3 is 6.03 Å². The van der Waals surface area contributed by atoms with Crippen LogP contribution in [-0.4, -0.2) is 47.4 Å². The second kappa shape index (κ2) is 8.57. The average Bonchev–Trinajstić information content (AvgIpc) is 3.17. The van der Waals surface area contributed by atoms with Crippen molar-refractivity contribution < 1.29 is 14.4 Å². The fraction of sp³-hybridized carbons (Fsp3) is 0.348. The number of hydrogen-bond acceptors (Lipinski definition) is 3. The number of urea groups is 1. The summed E-state index contributed by atoms with van der Waals surface area (Å²) in [5, 5.41) is 8.59. The lowest BCUT2D eigenvalue weighted by Gasteiger charge is -2.34. The molecule has 2 aromatic carbocycles. The van der Waals surface area contributed by atoms with Gasteiger partial charge in [0.2, 0.25) is 11.8 Å². The number of amides is 4. The molecule has 0 saturated carbocycles. The summed E-state index contributed by atoms with van der Waals surface area (Å²) in [5.74, 6) is -0.250. The van der Waals surface area contributed by atoms with Gasteiger partial charge in [-0.2, -0.15) is 0 Å². The van der Waals surface area contributed by atoms with E-state index in [1.54, 1.807) is 4.90 Å². The van der Waals surface area contributed by atoms with E-state index in [1.165, 1.54) is 0 Å². The van der Waals surface area contributed by atoms with Crippen molar-refractivity contribution in [2.45, 2.75) is 44.3 Å². The Balaban J connectivity index is 1.36. The molecule has 3 atom stereocenters. The van der Waals surface area contributed by atoms with Crippen molar-refractivity contribution in [2.75, 3.05) is 11.9 Å². The number of carbonyl (C=O) groups is 3. The molecule has 0 aliphatic carbocycles. The van der Waals surface area contributed by atoms with Crippen molar-refractivity contribution in [3.63, 3.8) is 0 Å². The number of fused-ring (bicyclic) bond motifs is 1. The van der Waals surface area contributed by atoms with Crippen LogP contribution in [0.4, 0.5) is 10.5 Å². The van der Waals surface area contributed by atoms with Crippen molar-refractivity contribution in [1.29, 1.82) is 0 Å². The van der Waals surface area contributed by atoms with E-state index in [0.29, 0.717) is 19.4 Å². The number of anilines is 1. The fourth-order valence-corrected chi connectivity index (χ4v) is 4.17. The van der Waals surface area contributed by atoms with Crippen molar-refractivity contribution in [2.24, 2.45) is 0 Å². The van der Waals surface area contributed by atoms with E-state index in [-0.39, 0.29) is 23.9 Å². The van der Waals surface area contributed by atoms with Crippen LogP contribution >= 0.6 is 0 Å². The fourth-order valence-electron chi connectivity index (χ4n) is 4.17. The number of nitrogens with one attached hydrogen (secondary N) is 3. The molecule has 0 unspecified atom stereocenters. The first-order chi connectivity index (χ1) is 14.5. The van der Waals surface area contributed by atoms with Crippen LogP contribution in [0.15, 0.2) is 54.6 Å². The quantitative estimate of drug-likeness (QED) is 0.710. The minimum Gasteiger partial charge on any atom is -0.342 e. The van der Waals surface area contributed by atoms with Crippen LogP contribution < -0.4 is 16.0 Å². The largest absolute Gasteiger partial charge is 0.342 e. The monoisotopic (exact) mass is 406 g/mol. The Morgan fingerprint density at radius 2 is 1.87 bits per heavy atom. The Bertz CT molecular complexity index is 946. The zero-order valence-electron chi connectivity index (χ0n) is 16.9. The molecule has 2 heterocycles. The third kappa shape index (κ3) is 4.30. The summed E-state index contributed by atoms with van der Waals surface area (Å²) < 4.78 is 0. The predicted octanol–water partition coefficient (Wildman–Crippen LogP) is 2.08. The standard InChI is InChI=1S/C23H26N4O3/c1-2-15-9-6-10-17(11-15)24-23(30)25-18-13-20-21(28)26-19(22(29)27(20)14-18)12-16-7-4-3-5-8-16/h3-11,18-20H,2,12-14H2,1H3,(H,26,28)(H2,24,25,30)/t18-,19-,20-/m0/s1. The number of aryl methyl sites for hydroxylation is 1. The Kier molecular flexibility index (Phi) is 5.70. The van der Waals surface area contributed by atoms with E-state index in [1.807, 2.05) is 54.6 Å². The third-order valence-electron chi connectivity index (χ3n) is 5.71. The molecular formula is C23H26N4O3. The zero-order valence-corrected chi connectivity index (χ0v) is 16.9. The molecule has 2 aliphatic rings. The maximum atomic E-state index is 12.9. The Labute approximate surface area is 175 Å². The molecule has 0 aromatic heterocycles. The molecule has 156 valence electrons. The average molecular weight is 406 g/mol. The molecule has 0 radical (unpaired) electrons. The second-order valence-electron chi connectivity index (χ2n) is 7.84. The molecule has 0 bridgehead atoms. The molecule has 4 rings (SSSR count). The normalized spacial score (nSPS) is 23.0. The lowest BCUT2D eigenvalue weighted by atomic mass is 10.0. The lowest BCUT2D eigenvalue weighted by Crippen LogP contribution is -2.61. The Morgan fingerprint density at radius 1 is 1.10 bits per heavy atom. The molecule has 3 N–H and O–H groups in total. The van der Waals surface area contributed by atoms with Gasteiger partial charge in [0, 0.05) is 18.7 Å². The molecule has 2 fully saturated rings. The highest BCUT2D eigenvalue weighted by atomic mass is 16.2. The summed E-state index contributed by atoms with van der Waals surface area (Å²) in [7, 11) is 0. The summed E-state index contributed by atoms with van der Waals surface area (Å²) in [6, 6.07) is 15.6. The van der Waals surface area contributed by atoms with Crippen LogP contribution in [0, 0.1) is 0 Å². The Hall–Kier alpha value is -3.35. The van der Waals surface area contributed by atoms with Crippen molar-refractivity contribution in [3.05, 3.63) is 65.7 Å². The SMILES string of the molecule is CCc1cccc(NC(=O)N[C@H]2C[C@H]3C(=O)N[C@@H](Cc4ccccc4)C(=O)N3C2)c1. The van der Waals surface area contributed by atoms with Crippen molar-refractivity contribution in [1.82, 2.24) is 15.5 Å². The van der Waals surface area contributed by atoms with Crippen molar-refractivity contribution >= 4 is 23.5 Å². The molecule has 7 nitrogen and oxygen atoms in total. The van der Waals surface area contributed by atoms with Gasteiger partial charge < -0.3 is 20.9 Å². The van der Waals surface area contributed by atoms with Gasteiger partial charge in [-0.1, -0.05) is 49.4 Å². The summed E-state index contributed by atoms with van der Waals surface area (Å²) >= 11 is 0. The molecule has 4 amide bonds. The van der Waals surface area contributed by atoms with E-state index < -0.39 is 12.1 Å². The van der Waals surface area contributed by atoms with Gasteiger partial charge in [-0.05, 0) is 36.1 Å². The third-order valence-corrected chi connectivity index (χ3v) is 5.71. The number of carbonyl (C=O) groups excluding carboxylic acids is 3. The van der Waals surface area contributed by atoms with Crippen LogP contribution in [0.1, 0.15) is 24.5 Å². The van der Waals surface area contributed by atoms with E-state index in [0.717, 1.165) is 23.2 Å². The first-order valence-corrected chi connectivity index (χ1v) is 10.3. The van der Waals surface area contributed by atoms with Crippen molar-refractivity contribution in [3.8, 4) is 0 Å². The number of nitrogens with zero attached hydrogens (tertiary/aromatic N) is 1. The topological polar surface area (TPSA) is 90.5 Å². The highest BCUT2D eigenvalue weighted by molar-refractivity contribution is 5.98. The van der Waals surface area contributed by atoms with Crippen LogP contribution in [0.5, 0.6) is 0 Å². The summed E-state index contributed by atoms with van der Waals surface area (Å²) in [6.07, 6.45) is 1.76. The molecule has 30 heavy (non-hydrogen) atoms. The number of hydrogen-bond donors (Lipinski definition) is 3. The van der Waals surface area contributed by atoms with Gasteiger partial charge in [0.25, 0.3) is 0 Å². The van der Waals surface area contributed by atoms with Gasteiger partial charge in [-0.15, -0.1) is 0 Å². The molecule has 2 aliphatic heterocycles. The van der Waals surface area contributed by atoms with Crippen LogP contribution in [0.3, 0.4) is 0 Å². The van der Waals surface area contributed by atoms with Crippen LogP contribution in [-0.2, 0) is 22.4 Å². The zero-order chi connectivity index (χ0) is 21.1. The van der Waals surface area contributed by atoms with E-state index in [9.17, 15) is 14.4 Å². The highest BCUT2D eigenvalue weighted by Gasteiger charge is 2.46. The lowest BCUT2D eigenvalue weighted by molar-refractivity contribution is -0.147. The van der Waals surface area contributed by atoms with E-state index in [2.05, 4.69) is 22.9 Å². The van der Waals surface area contributed by atoms with Gasteiger partial charge in [0.05, 0.1) is 6.04 Å². The molecular weight excluding hydrogens is 380 g/mol. The molecule has 2 aromatic rings. The number of piperazine rings is 1. The maximum absolute atomic E-state index is 12.9. The van der Waals surface area contributed by atoms with Gasteiger partial charge in [0.1, 0.15) is 12.1 Å². The first-order valence-electron chi connectivity index (χ1n) is 10.3. The molecule has 2 saturated heterocycles. The highest BCUT2D eigenvalue weighted by Crippen LogP contribution is 2.24. The minimum absolute atomic E-state index is 0.0937. The summed E-state index contributed by atoms with van der Waals surface area (Å²) in [5.41, 5.74) is 2.86. The predicted molar refractivity (Wildman–Crippen MR) is 114 cm³/mol. The van der Waals surface area contributed by atoms with Gasteiger partial charge in [-0.3, -0.25) is 9.59 Å². The summed E-state index contributed by atoms with van der Waals surface area (Å²) in [6.45, 7) is 2.39. The molecule has 0 spiro atoms. The van der Waals surface area contributed by atoms with E-state index in [4.69, 9.17) is 0 Å². The van der Waals surface area contributed by atoms with E-state index >= 15 is 0 Å². The number of rotatable bonds is 5. The van der Waals surface area contributed by atoms with Crippen LogP contribution in [0.25, 0.3) is 0 Å². The molecule has 7 heteroatoms. The van der Waals surface area contributed by atoms with Crippen LogP contribution in [0.2, 0.25) is 0 Å². The number of benzene rings is 2. The maximum Gasteiger partial charge on any atom is 0.319 e. The van der Waals surface area contributed by atoms with Gasteiger partial charge in [-0.25, -0.2) is 4.79 Å².